The van der Waals surface area contributed by atoms with Crippen LogP contribution < -0.4 is 5.32 Å². The lowest BCUT2D eigenvalue weighted by Gasteiger charge is -2.15. The van der Waals surface area contributed by atoms with Gasteiger partial charge in [-0.3, -0.25) is 9.59 Å². The van der Waals surface area contributed by atoms with E-state index in [1.165, 1.54) is 0 Å². The molecule has 1 aromatic rings. The number of halogens is 1. The largest absolute Gasteiger partial charge is 0.481 e. The number of rotatable bonds is 5. The molecule has 1 aromatic carbocycles. The van der Waals surface area contributed by atoms with Crippen LogP contribution in [0.2, 0.25) is 5.02 Å². The molecular weight excluding hydrogens is 218 g/mol. The molecule has 1 atom stereocenters. The fourth-order valence-electron chi connectivity index (χ4n) is 1.27. The highest BCUT2D eigenvalue weighted by Gasteiger charge is 2.16. The van der Waals surface area contributed by atoms with Gasteiger partial charge in [0.05, 0.1) is 12.5 Å². The summed E-state index contributed by atoms with van der Waals surface area (Å²) < 4.78 is 0. The molecule has 2 N–H and O–H groups in total. The van der Waals surface area contributed by atoms with E-state index in [9.17, 15) is 9.59 Å². The fourth-order valence-corrected chi connectivity index (χ4v) is 1.54. The van der Waals surface area contributed by atoms with Crippen molar-refractivity contribution in [2.45, 2.75) is 12.5 Å². The molecule has 0 radical (unpaired) electrons. The van der Waals surface area contributed by atoms with E-state index in [1.807, 2.05) is 0 Å². The lowest BCUT2D eigenvalue weighted by atomic mass is 10.0. The maximum Gasteiger partial charge on any atom is 0.305 e. The number of benzene rings is 1. The molecule has 1 amide bonds. The molecule has 1 rings (SSSR count). The quantitative estimate of drug-likeness (QED) is 0.751. The van der Waals surface area contributed by atoms with Crippen LogP contribution in [0.25, 0.3) is 0 Å². The predicted octanol–water partition coefficient (Wildman–Crippen LogP) is 1.60. The monoisotopic (exact) mass is 227 g/mol. The van der Waals surface area contributed by atoms with Crippen molar-refractivity contribution < 1.29 is 14.7 Å². The minimum atomic E-state index is -0.991. The smallest absolute Gasteiger partial charge is 0.305 e. The van der Waals surface area contributed by atoms with Gasteiger partial charge in [-0.25, -0.2) is 0 Å². The Morgan fingerprint density at radius 3 is 2.73 bits per heavy atom. The molecule has 0 aliphatic rings. The Labute approximate surface area is 91.9 Å². The number of carbonyl (C=O) groups is 2. The van der Waals surface area contributed by atoms with E-state index in [-0.39, 0.29) is 6.42 Å². The number of carbonyl (C=O) groups excluding carboxylic acids is 1. The first-order valence-corrected chi connectivity index (χ1v) is 4.69. The van der Waals surface area contributed by atoms with Crippen LogP contribution >= 0.6 is 11.6 Å². The van der Waals surface area contributed by atoms with E-state index in [0.29, 0.717) is 17.0 Å². The van der Waals surface area contributed by atoms with Gasteiger partial charge < -0.3 is 10.4 Å². The summed E-state index contributed by atoms with van der Waals surface area (Å²) in [5.41, 5.74) is 0.605. The van der Waals surface area contributed by atoms with E-state index in [0.717, 1.165) is 0 Å². The minimum Gasteiger partial charge on any atom is -0.481 e. The average Bonchev–Trinajstić information content (AvgIpc) is 2.17. The van der Waals surface area contributed by atoms with E-state index in [1.54, 1.807) is 24.3 Å². The zero-order chi connectivity index (χ0) is 11.3. The van der Waals surface area contributed by atoms with Crippen LogP contribution in [-0.2, 0) is 9.59 Å². The molecule has 0 fully saturated rings. The second kappa shape index (κ2) is 5.36. The van der Waals surface area contributed by atoms with Crippen molar-refractivity contribution in [3.63, 3.8) is 0 Å². The summed E-state index contributed by atoms with van der Waals surface area (Å²) in [5, 5.41) is 11.5. The third kappa shape index (κ3) is 3.25. The number of aliphatic carboxylic acids is 1. The second-order valence-electron chi connectivity index (χ2n) is 2.96. The van der Waals surface area contributed by atoms with Gasteiger partial charge in [-0.1, -0.05) is 29.8 Å². The van der Waals surface area contributed by atoms with Crippen LogP contribution in [0.5, 0.6) is 0 Å². The number of hydrogen-bond donors (Lipinski definition) is 2. The molecule has 0 saturated carbocycles. The van der Waals surface area contributed by atoms with Gasteiger partial charge in [-0.2, -0.15) is 0 Å². The Morgan fingerprint density at radius 2 is 2.20 bits per heavy atom. The zero-order valence-corrected chi connectivity index (χ0v) is 8.57. The molecule has 1 unspecified atom stereocenters. The summed E-state index contributed by atoms with van der Waals surface area (Å²) in [4.78, 5) is 20.9. The molecule has 80 valence electrons. The SMILES string of the molecule is O=CNC(CC(=O)O)c1ccccc1Cl. The Hall–Kier alpha value is -1.55. The number of carboxylic acid groups (broad SMARTS) is 1. The van der Waals surface area contributed by atoms with Crippen molar-refractivity contribution in [2.24, 2.45) is 0 Å². The van der Waals surface area contributed by atoms with Crippen molar-refractivity contribution >= 4 is 24.0 Å². The highest BCUT2D eigenvalue weighted by molar-refractivity contribution is 6.31. The molecule has 0 aromatic heterocycles. The Morgan fingerprint density at radius 1 is 1.53 bits per heavy atom. The Kier molecular flexibility index (Phi) is 4.12. The molecule has 15 heavy (non-hydrogen) atoms. The first-order valence-electron chi connectivity index (χ1n) is 4.31. The molecule has 0 spiro atoms. The Bertz CT molecular complexity index is 367. The average molecular weight is 228 g/mol. The van der Waals surface area contributed by atoms with Gasteiger partial charge in [0.15, 0.2) is 0 Å². The van der Waals surface area contributed by atoms with Crippen molar-refractivity contribution in [1.82, 2.24) is 5.32 Å². The first-order chi connectivity index (χ1) is 7.15. The number of nitrogens with one attached hydrogen (secondary N) is 1. The van der Waals surface area contributed by atoms with E-state index in [4.69, 9.17) is 16.7 Å². The summed E-state index contributed by atoms with van der Waals surface area (Å²) in [6.07, 6.45) is 0.277. The molecule has 0 aliphatic carbocycles. The summed E-state index contributed by atoms with van der Waals surface area (Å²) >= 11 is 5.89. The van der Waals surface area contributed by atoms with E-state index in [2.05, 4.69) is 5.32 Å². The lowest BCUT2D eigenvalue weighted by Crippen LogP contribution is -2.22. The molecule has 0 saturated heterocycles. The number of hydrogen-bond acceptors (Lipinski definition) is 2. The fraction of sp³-hybridized carbons (Fsp3) is 0.200. The van der Waals surface area contributed by atoms with Gasteiger partial charge in [0.25, 0.3) is 0 Å². The highest BCUT2D eigenvalue weighted by atomic mass is 35.5. The summed E-state index contributed by atoms with van der Waals surface area (Å²) in [5.74, 6) is -0.991. The molecular formula is C10H10ClNO3. The van der Waals surface area contributed by atoms with Gasteiger partial charge >= 0.3 is 5.97 Å². The maximum absolute atomic E-state index is 10.6. The van der Waals surface area contributed by atoms with Crippen LogP contribution in [0.4, 0.5) is 0 Å². The number of amides is 1. The summed E-state index contributed by atoms with van der Waals surface area (Å²) in [6, 6.07) is 6.23. The molecule has 4 nitrogen and oxygen atoms in total. The number of carboxylic acids is 1. The van der Waals surface area contributed by atoms with Crippen LogP contribution in [0.1, 0.15) is 18.0 Å². The van der Waals surface area contributed by atoms with Crippen molar-refractivity contribution in [3.05, 3.63) is 34.9 Å². The van der Waals surface area contributed by atoms with E-state index >= 15 is 0 Å². The molecule has 0 bridgehead atoms. The zero-order valence-electron chi connectivity index (χ0n) is 7.81. The molecule has 5 heteroatoms. The lowest BCUT2D eigenvalue weighted by molar-refractivity contribution is -0.137. The van der Waals surface area contributed by atoms with Crippen molar-refractivity contribution in [2.75, 3.05) is 0 Å². The van der Waals surface area contributed by atoms with E-state index < -0.39 is 12.0 Å². The van der Waals surface area contributed by atoms with Crippen LogP contribution in [-0.4, -0.2) is 17.5 Å². The Balaban J connectivity index is 2.92. The highest BCUT2D eigenvalue weighted by Crippen LogP contribution is 2.24. The van der Waals surface area contributed by atoms with Gasteiger partial charge in [-0.15, -0.1) is 0 Å². The van der Waals surface area contributed by atoms with Crippen molar-refractivity contribution in [1.29, 1.82) is 0 Å². The predicted molar refractivity (Wildman–Crippen MR) is 55.6 cm³/mol. The maximum atomic E-state index is 10.6. The topological polar surface area (TPSA) is 66.4 Å². The second-order valence-corrected chi connectivity index (χ2v) is 3.36. The third-order valence-electron chi connectivity index (χ3n) is 1.93. The van der Waals surface area contributed by atoms with Gasteiger partial charge in [-0.05, 0) is 11.6 Å². The molecule has 0 aliphatic heterocycles. The third-order valence-corrected chi connectivity index (χ3v) is 2.27. The van der Waals surface area contributed by atoms with Crippen molar-refractivity contribution in [3.8, 4) is 0 Å². The van der Waals surface area contributed by atoms with Gasteiger partial charge in [0, 0.05) is 5.02 Å². The normalized spacial score (nSPS) is 11.8. The summed E-state index contributed by atoms with van der Waals surface area (Å²) in [6.45, 7) is 0. The first kappa shape index (κ1) is 11.5. The molecule has 0 heterocycles. The minimum absolute atomic E-state index is 0.192. The van der Waals surface area contributed by atoms with Crippen LogP contribution in [0, 0.1) is 0 Å². The van der Waals surface area contributed by atoms with Gasteiger partial charge in [0.1, 0.15) is 0 Å². The van der Waals surface area contributed by atoms with Crippen LogP contribution in [0.3, 0.4) is 0 Å². The summed E-state index contributed by atoms with van der Waals surface area (Å²) in [7, 11) is 0. The van der Waals surface area contributed by atoms with Gasteiger partial charge in [0.2, 0.25) is 6.41 Å². The van der Waals surface area contributed by atoms with Crippen LogP contribution in [0.15, 0.2) is 24.3 Å². The standard InChI is InChI=1S/C10H10ClNO3/c11-8-4-2-1-3-7(8)9(12-6-13)5-10(14)15/h1-4,6,9H,5H2,(H,12,13)(H,14,15).